The Balaban J connectivity index is 2.79. The van der Waals surface area contributed by atoms with Crippen LogP contribution in [0.15, 0.2) is 21.7 Å². The predicted octanol–water partition coefficient (Wildman–Crippen LogP) is 3.24. The summed E-state index contributed by atoms with van der Waals surface area (Å²) in [5.74, 6) is 0.419. The quantitative estimate of drug-likeness (QED) is 0.852. The van der Waals surface area contributed by atoms with Gasteiger partial charge in [-0.25, -0.2) is 9.78 Å². The molecule has 1 heterocycles. The number of pyridine rings is 1. The van der Waals surface area contributed by atoms with Gasteiger partial charge >= 0.3 is 6.09 Å². The van der Waals surface area contributed by atoms with Crippen LogP contribution in [0.3, 0.4) is 0 Å². The normalized spacial score (nSPS) is 11.6. The molecule has 1 aromatic heterocycles. The van der Waals surface area contributed by atoms with Crippen molar-refractivity contribution >= 4 is 34.1 Å². The number of halogens is 1. The monoisotopic (exact) mass is 313 g/mol. The fraction of sp³-hybridized carbons (Fsp3) is 0.417. The average molecular weight is 314 g/mol. The maximum absolute atomic E-state index is 11.6. The van der Waals surface area contributed by atoms with E-state index < -0.39 is 11.7 Å². The number of aromatic nitrogens is 1. The van der Waals surface area contributed by atoms with Crippen LogP contribution in [0.5, 0.6) is 0 Å². The largest absolute Gasteiger partial charge is 0.444 e. The Morgan fingerprint density at radius 1 is 1.56 bits per heavy atom. The summed E-state index contributed by atoms with van der Waals surface area (Å²) in [7, 11) is 1.67. The number of hydrogen-bond acceptors (Lipinski definition) is 4. The van der Waals surface area contributed by atoms with E-state index in [9.17, 15) is 4.79 Å². The second-order valence-corrected chi connectivity index (χ2v) is 5.46. The highest BCUT2D eigenvalue weighted by atomic mass is 79.9. The first kappa shape index (κ1) is 14.6. The maximum atomic E-state index is 11.6. The van der Waals surface area contributed by atoms with Gasteiger partial charge in [0.2, 0.25) is 0 Å². The van der Waals surface area contributed by atoms with Gasteiger partial charge in [0.25, 0.3) is 0 Å². The number of carbonyl (C=O) groups is 1. The molecule has 0 bridgehead atoms. The molecule has 1 amide bonds. The van der Waals surface area contributed by atoms with Crippen LogP contribution in [0.25, 0.3) is 0 Å². The van der Waals surface area contributed by atoms with E-state index in [0.29, 0.717) is 5.82 Å². The molecule has 0 aliphatic carbocycles. The van der Waals surface area contributed by atoms with Gasteiger partial charge in [-0.1, -0.05) is 0 Å². The van der Waals surface area contributed by atoms with Crippen molar-refractivity contribution in [3.05, 3.63) is 22.3 Å². The number of aliphatic imine (C=N–C) groups is 1. The maximum Gasteiger partial charge on any atom is 0.413 e. The highest BCUT2D eigenvalue weighted by Gasteiger charge is 2.16. The third-order valence-corrected chi connectivity index (χ3v) is 2.44. The Morgan fingerprint density at radius 2 is 2.22 bits per heavy atom. The van der Waals surface area contributed by atoms with Gasteiger partial charge < -0.3 is 4.74 Å². The van der Waals surface area contributed by atoms with Gasteiger partial charge in [-0.3, -0.25) is 10.3 Å². The van der Waals surface area contributed by atoms with E-state index in [4.69, 9.17) is 4.74 Å². The highest BCUT2D eigenvalue weighted by Crippen LogP contribution is 2.17. The second-order valence-electron chi connectivity index (χ2n) is 4.61. The molecule has 0 aliphatic rings. The van der Waals surface area contributed by atoms with Crippen LogP contribution in [0.2, 0.25) is 0 Å². The van der Waals surface area contributed by atoms with Crippen molar-refractivity contribution in [3.8, 4) is 0 Å². The molecule has 0 saturated heterocycles. The van der Waals surface area contributed by atoms with Gasteiger partial charge in [-0.05, 0) is 42.8 Å². The standard InChI is InChI=1S/C12H16BrN3O2/c1-12(2,3)18-11(17)16-10-5-8(6-14-4)9(13)7-15-10/h5-7H,1-4H3,(H,15,16,17). The first-order valence-electron chi connectivity index (χ1n) is 5.39. The van der Waals surface area contributed by atoms with Crippen LogP contribution in [0, 0.1) is 0 Å². The van der Waals surface area contributed by atoms with Gasteiger partial charge in [0.1, 0.15) is 11.4 Å². The van der Waals surface area contributed by atoms with Crippen molar-refractivity contribution in [2.24, 2.45) is 4.99 Å². The number of hydrogen-bond donors (Lipinski definition) is 1. The third kappa shape index (κ3) is 4.83. The van der Waals surface area contributed by atoms with Gasteiger partial charge in [0.05, 0.1) is 0 Å². The van der Waals surface area contributed by atoms with Crippen molar-refractivity contribution in [1.82, 2.24) is 4.98 Å². The summed E-state index contributed by atoms with van der Waals surface area (Å²) in [5.41, 5.74) is 0.297. The lowest BCUT2D eigenvalue weighted by molar-refractivity contribution is 0.0635. The van der Waals surface area contributed by atoms with E-state index in [-0.39, 0.29) is 0 Å². The lowest BCUT2D eigenvalue weighted by Crippen LogP contribution is -2.27. The number of nitrogens with one attached hydrogen (secondary N) is 1. The minimum absolute atomic E-state index is 0.419. The Hall–Kier alpha value is -1.43. The molecule has 0 atom stereocenters. The minimum Gasteiger partial charge on any atom is -0.444 e. The fourth-order valence-corrected chi connectivity index (χ4v) is 1.49. The molecular formula is C12H16BrN3O2. The number of ether oxygens (including phenoxy) is 1. The molecule has 0 fully saturated rings. The van der Waals surface area contributed by atoms with E-state index in [0.717, 1.165) is 10.0 Å². The molecule has 0 aromatic carbocycles. The Labute approximate surface area is 115 Å². The zero-order valence-electron chi connectivity index (χ0n) is 10.8. The topological polar surface area (TPSA) is 63.6 Å². The van der Waals surface area contributed by atoms with Crippen molar-refractivity contribution in [2.75, 3.05) is 12.4 Å². The third-order valence-electron chi connectivity index (χ3n) is 1.78. The van der Waals surface area contributed by atoms with E-state index in [1.807, 2.05) is 0 Å². The lowest BCUT2D eigenvalue weighted by atomic mass is 10.2. The molecule has 0 radical (unpaired) electrons. The molecule has 1 aromatic rings. The molecule has 18 heavy (non-hydrogen) atoms. The first-order chi connectivity index (χ1) is 8.31. The van der Waals surface area contributed by atoms with Gasteiger partial charge in [0.15, 0.2) is 0 Å². The Bertz CT molecular complexity index is 467. The van der Waals surface area contributed by atoms with E-state index in [1.165, 1.54) is 0 Å². The first-order valence-corrected chi connectivity index (χ1v) is 6.19. The van der Waals surface area contributed by atoms with E-state index >= 15 is 0 Å². The van der Waals surface area contributed by atoms with Crippen LogP contribution < -0.4 is 5.32 Å². The van der Waals surface area contributed by atoms with E-state index in [2.05, 4.69) is 31.2 Å². The fourth-order valence-electron chi connectivity index (χ4n) is 1.17. The molecule has 5 nitrogen and oxygen atoms in total. The van der Waals surface area contributed by atoms with Crippen molar-refractivity contribution in [2.45, 2.75) is 26.4 Å². The SMILES string of the molecule is CN=Cc1cc(NC(=O)OC(C)(C)C)ncc1Br. The Morgan fingerprint density at radius 3 is 2.78 bits per heavy atom. The molecule has 0 unspecified atom stereocenters. The second kappa shape index (κ2) is 5.95. The number of amides is 1. The van der Waals surface area contributed by atoms with Gasteiger partial charge in [0, 0.05) is 29.5 Å². The van der Waals surface area contributed by atoms with Crippen molar-refractivity contribution in [3.63, 3.8) is 0 Å². The van der Waals surface area contributed by atoms with Crippen molar-refractivity contribution in [1.29, 1.82) is 0 Å². The number of anilines is 1. The van der Waals surface area contributed by atoms with Crippen LogP contribution in [-0.2, 0) is 4.74 Å². The predicted molar refractivity (Wildman–Crippen MR) is 75.3 cm³/mol. The summed E-state index contributed by atoms with van der Waals surface area (Å²) >= 11 is 3.35. The smallest absolute Gasteiger partial charge is 0.413 e. The zero-order chi connectivity index (χ0) is 13.8. The molecule has 0 aliphatic heterocycles. The molecule has 0 saturated carbocycles. The molecule has 1 N–H and O–H groups in total. The molecule has 98 valence electrons. The highest BCUT2D eigenvalue weighted by molar-refractivity contribution is 9.10. The van der Waals surface area contributed by atoms with Crippen LogP contribution in [0.1, 0.15) is 26.3 Å². The summed E-state index contributed by atoms with van der Waals surface area (Å²) in [6, 6.07) is 1.71. The number of nitrogens with zero attached hydrogens (tertiary/aromatic N) is 2. The number of rotatable bonds is 2. The molecular weight excluding hydrogens is 298 g/mol. The zero-order valence-corrected chi connectivity index (χ0v) is 12.4. The van der Waals surface area contributed by atoms with Crippen LogP contribution >= 0.6 is 15.9 Å². The lowest BCUT2D eigenvalue weighted by Gasteiger charge is -2.19. The summed E-state index contributed by atoms with van der Waals surface area (Å²) in [6.07, 6.45) is 2.74. The van der Waals surface area contributed by atoms with Crippen LogP contribution in [0.4, 0.5) is 10.6 Å². The molecule has 6 heteroatoms. The summed E-state index contributed by atoms with van der Waals surface area (Å²) in [4.78, 5) is 19.6. The molecule has 1 rings (SSSR count). The average Bonchev–Trinajstić information content (AvgIpc) is 2.20. The summed E-state index contributed by atoms with van der Waals surface area (Å²) < 4.78 is 5.94. The van der Waals surface area contributed by atoms with E-state index in [1.54, 1.807) is 46.3 Å². The molecule has 0 spiro atoms. The van der Waals surface area contributed by atoms with Gasteiger partial charge in [-0.15, -0.1) is 0 Å². The number of carbonyl (C=O) groups excluding carboxylic acids is 1. The summed E-state index contributed by atoms with van der Waals surface area (Å²) in [5, 5.41) is 2.57. The minimum atomic E-state index is -0.535. The Kier molecular flexibility index (Phi) is 4.84. The van der Waals surface area contributed by atoms with Crippen LogP contribution in [-0.4, -0.2) is 29.9 Å². The summed E-state index contributed by atoms with van der Waals surface area (Å²) in [6.45, 7) is 5.41. The van der Waals surface area contributed by atoms with Gasteiger partial charge in [-0.2, -0.15) is 0 Å². The van der Waals surface area contributed by atoms with Crippen molar-refractivity contribution < 1.29 is 9.53 Å².